The number of rotatable bonds is 1. The monoisotopic (exact) mass is 433 g/mol. The van der Waals surface area contributed by atoms with Crippen molar-refractivity contribution in [2.45, 2.75) is 0 Å². The van der Waals surface area contributed by atoms with Crippen molar-refractivity contribution >= 4 is 65.3 Å². The van der Waals surface area contributed by atoms with E-state index in [1.807, 2.05) is 12.1 Å². The lowest BCUT2D eigenvalue weighted by atomic mass is 9.93. The van der Waals surface area contributed by atoms with E-state index in [4.69, 9.17) is 4.42 Å². The highest BCUT2D eigenvalue weighted by Gasteiger charge is 2.16. The summed E-state index contributed by atoms with van der Waals surface area (Å²) >= 11 is 0. The molecule has 34 heavy (non-hydrogen) atoms. The summed E-state index contributed by atoms with van der Waals surface area (Å²) in [5, 5.41) is 9.98. The van der Waals surface area contributed by atoms with Gasteiger partial charge in [0.25, 0.3) is 0 Å². The van der Waals surface area contributed by atoms with Crippen LogP contribution < -0.4 is 0 Å². The van der Waals surface area contributed by atoms with Gasteiger partial charge in [-0.3, -0.25) is 0 Å². The fourth-order valence-electron chi connectivity index (χ4n) is 5.67. The number of benzene rings is 6. The van der Waals surface area contributed by atoms with Gasteiger partial charge in [-0.1, -0.05) is 78.9 Å². The average molecular weight is 434 g/mol. The quantitative estimate of drug-likeness (QED) is 0.275. The Hall–Kier alpha value is -4.56. The lowest BCUT2D eigenvalue weighted by molar-refractivity contribution is 0.669. The Kier molecular flexibility index (Phi) is 3.42. The highest BCUT2D eigenvalue weighted by molar-refractivity contribution is 6.29. The molecule has 8 aromatic rings. The van der Waals surface area contributed by atoms with Crippen LogP contribution in [0.25, 0.3) is 76.4 Å². The third-order valence-corrected chi connectivity index (χ3v) is 7.18. The van der Waals surface area contributed by atoms with E-state index in [-0.39, 0.29) is 0 Å². The molecular weight excluding hydrogens is 414 g/mol. The van der Waals surface area contributed by atoms with E-state index in [2.05, 4.69) is 102 Å². The summed E-state index contributed by atoms with van der Waals surface area (Å²) in [7, 11) is 0. The van der Waals surface area contributed by atoms with E-state index in [1.54, 1.807) is 0 Å². The van der Waals surface area contributed by atoms with Crippen molar-refractivity contribution in [1.82, 2.24) is 4.98 Å². The number of fused-ring (bicyclic) bond motifs is 10. The van der Waals surface area contributed by atoms with Crippen LogP contribution in [0.2, 0.25) is 0 Å². The minimum atomic E-state index is 0.924. The predicted octanol–water partition coefficient (Wildman–Crippen LogP) is 9.19. The minimum Gasteiger partial charge on any atom is -0.456 e. The van der Waals surface area contributed by atoms with Crippen LogP contribution in [0.1, 0.15) is 0 Å². The average Bonchev–Trinajstić information content (AvgIpc) is 3.46. The summed E-state index contributed by atoms with van der Waals surface area (Å²) in [5.74, 6) is 0. The Morgan fingerprint density at radius 2 is 1.18 bits per heavy atom. The number of nitrogens with one attached hydrogen (secondary N) is 1. The molecule has 0 saturated heterocycles. The van der Waals surface area contributed by atoms with Gasteiger partial charge in [0.15, 0.2) is 0 Å². The van der Waals surface area contributed by atoms with Crippen LogP contribution in [0.15, 0.2) is 114 Å². The molecule has 2 aromatic heterocycles. The molecular formula is C32H19NO. The van der Waals surface area contributed by atoms with E-state index in [9.17, 15) is 0 Å². The van der Waals surface area contributed by atoms with Gasteiger partial charge >= 0.3 is 0 Å². The van der Waals surface area contributed by atoms with E-state index < -0.39 is 0 Å². The lowest BCUT2D eigenvalue weighted by Crippen LogP contribution is -1.84. The highest BCUT2D eigenvalue weighted by atomic mass is 16.3. The zero-order chi connectivity index (χ0) is 22.2. The maximum Gasteiger partial charge on any atom is 0.135 e. The zero-order valence-corrected chi connectivity index (χ0v) is 18.3. The summed E-state index contributed by atoms with van der Waals surface area (Å²) in [6.07, 6.45) is 0. The molecule has 2 heteroatoms. The molecule has 0 amide bonds. The number of aromatic amines is 1. The number of para-hydroxylation sites is 1. The Morgan fingerprint density at radius 1 is 0.471 bits per heavy atom. The van der Waals surface area contributed by atoms with Gasteiger partial charge in [0, 0.05) is 32.6 Å². The molecule has 0 bridgehead atoms. The second-order valence-electron chi connectivity index (χ2n) is 9.04. The highest BCUT2D eigenvalue weighted by Crippen LogP contribution is 2.41. The van der Waals surface area contributed by atoms with E-state index in [0.717, 1.165) is 27.5 Å². The first-order valence-corrected chi connectivity index (χ1v) is 11.6. The van der Waals surface area contributed by atoms with Crippen molar-refractivity contribution in [2.24, 2.45) is 0 Å². The molecule has 2 heterocycles. The van der Waals surface area contributed by atoms with Crippen LogP contribution in [0, 0.1) is 0 Å². The van der Waals surface area contributed by atoms with Gasteiger partial charge in [-0.15, -0.1) is 0 Å². The van der Waals surface area contributed by atoms with Crippen molar-refractivity contribution in [3.63, 3.8) is 0 Å². The maximum absolute atomic E-state index is 6.08. The van der Waals surface area contributed by atoms with Gasteiger partial charge in [0.05, 0.1) is 0 Å². The molecule has 8 rings (SSSR count). The SMILES string of the molecule is c1ccc2c(c1)ccc1[nH]c3cc(-c4ccc5oc6ccccc6c5c4)c4ccccc4c3c12. The van der Waals surface area contributed by atoms with E-state index in [1.165, 1.54) is 49.0 Å². The van der Waals surface area contributed by atoms with Gasteiger partial charge in [-0.25, -0.2) is 0 Å². The first-order valence-electron chi connectivity index (χ1n) is 11.6. The van der Waals surface area contributed by atoms with Crippen LogP contribution >= 0.6 is 0 Å². The summed E-state index contributed by atoms with van der Waals surface area (Å²) in [6, 6.07) is 38.9. The molecule has 0 atom stereocenters. The first-order chi connectivity index (χ1) is 16.8. The Morgan fingerprint density at radius 3 is 2.09 bits per heavy atom. The third-order valence-electron chi connectivity index (χ3n) is 7.18. The summed E-state index contributed by atoms with van der Waals surface area (Å²) in [6.45, 7) is 0. The fourth-order valence-corrected chi connectivity index (χ4v) is 5.67. The standard InChI is InChI=1S/C32H19NO/c1-2-8-21-19(7-1)13-15-27-31(21)32-24-11-4-3-9-22(24)25(18-28(32)33-27)20-14-16-30-26(17-20)23-10-5-6-12-29(23)34-30/h1-18,33H. The van der Waals surface area contributed by atoms with Gasteiger partial charge < -0.3 is 9.40 Å². The molecule has 0 aliphatic heterocycles. The van der Waals surface area contributed by atoms with Gasteiger partial charge in [-0.2, -0.15) is 0 Å². The van der Waals surface area contributed by atoms with Crippen LogP contribution in [0.3, 0.4) is 0 Å². The fraction of sp³-hybridized carbons (Fsp3) is 0. The predicted molar refractivity (Wildman–Crippen MR) is 144 cm³/mol. The van der Waals surface area contributed by atoms with Gasteiger partial charge in [0.1, 0.15) is 11.2 Å². The number of furan rings is 1. The van der Waals surface area contributed by atoms with E-state index >= 15 is 0 Å². The zero-order valence-electron chi connectivity index (χ0n) is 18.3. The molecule has 0 aliphatic carbocycles. The number of H-pyrrole nitrogens is 1. The molecule has 0 fully saturated rings. The van der Waals surface area contributed by atoms with E-state index in [0.29, 0.717) is 0 Å². The summed E-state index contributed by atoms with van der Waals surface area (Å²) < 4.78 is 6.08. The number of hydrogen-bond donors (Lipinski definition) is 1. The molecule has 0 unspecified atom stereocenters. The smallest absolute Gasteiger partial charge is 0.135 e. The lowest BCUT2D eigenvalue weighted by Gasteiger charge is -2.10. The number of hydrogen-bond acceptors (Lipinski definition) is 1. The second-order valence-corrected chi connectivity index (χ2v) is 9.04. The van der Waals surface area contributed by atoms with Crippen LogP contribution in [-0.4, -0.2) is 4.98 Å². The van der Waals surface area contributed by atoms with Gasteiger partial charge in [-0.05, 0) is 63.0 Å². The maximum atomic E-state index is 6.08. The third kappa shape index (κ3) is 2.35. The molecule has 6 aromatic carbocycles. The first kappa shape index (κ1) is 17.9. The molecule has 2 nitrogen and oxygen atoms in total. The Balaban J connectivity index is 1.51. The minimum absolute atomic E-state index is 0.924. The Bertz CT molecular complexity index is 2070. The van der Waals surface area contributed by atoms with Crippen molar-refractivity contribution in [3.05, 3.63) is 109 Å². The molecule has 1 N–H and O–H groups in total. The van der Waals surface area contributed by atoms with Crippen LogP contribution in [-0.2, 0) is 0 Å². The second kappa shape index (κ2) is 6.49. The molecule has 0 spiro atoms. The largest absolute Gasteiger partial charge is 0.456 e. The number of aromatic nitrogens is 1. The van der Waals surface area contributed by atoms with Crippen molar-refractivity contribution in [2.75, 3.05) is 0 Å². The molecule has 0 saturated carbocycles. The topological polar surface area (TPSA) is 28.9 Å². The van der Waals surface area contributed by atoms with Gasteiger partial charge in [0.2, 0.25) is 0 Å². The molecule has 158 valence electrons. The Labute approximate surface area is 195 Å². The van der Waals surface area contributed by atoms with Crippen molar-refractivity contribution in [3.8, 4) is 11.1 Å². The van der Waals surface area contributed by atoms with Crippen LogP contribution in [0.5, 0.6) is 0 Å². The van der Waals surface area contributed by atoms with Crippen molar-refractivity contribution in [1.29, 1.82) is 0 Å². The summed E-state index contributed by atoms with van der Waals surface area (Å²) in [4.78, 5) is 3.72. The summed E-state index contributed by atoms with van der Waals surface area (Å²) in [5.41, 5.74) is 6.61. The van der Waals surface area contributed by atoms with Crippen LogP contribution in [0.4, 0.5) is 0 Å². The van der Waals surface area contributed by atoms with Crippen molar-refractivity contribution < 1.29 is 4.42 Å². The molecule has 0 aliphatic rings. The molecule has 0 radical (unpaired) electrons. The normalized spacial score (nSPS) is 12.1.